The van der Waals surface area contributed by atoms with Gasteiger partial charge in [-0.05, 0) is 43.5 Å². The van der Waals surface area contributed by atoms with Gasteiger partial charge in [-0.15, -0.1) is 0 Å². The molecule has 0 amide bonds. The van der Waals surface area contributed by atoms with Crippen LogP contribution in [0.2, 0.25) is 0 Å². The van der Waals surface area contributed by atoms with Crippen molar-refractivity contribution in [3.63, 3.8) is 0 Å². The van der Waals surface area contributed by atoms with Crippen LogP contribution >= 0.6 is 23.1 Å². The number of thiazole rings is 1. The van der Waals surface area contributed by atoms with Gasteiger partial charge < -0.3 is 15.1 Å². The molecule has 2 heterocycles. The van der Waals surface area contributed by atoms with Crippen molar-refractivity contribution < 1.29 is 40.7 Å². The molecule has 0 bridgehead atoms. The first kappa shape index (κ1) is 30.9. The number of nitrogens with zero attached hydrogens (tertiary/aromatic N) is 2. The highest BCUT2D eigenvalue weighted by molar-refractivity contribution is 8.00. The average molecular weight is 630 g/mol. The van der Waals surface area contributed by atoms with E-state index in [0.717, 1.165) is 36.9 Å². The van der Waals surface area contributed by atoms with E-state index in [-0.39, 0.29) is 18.5 Å². The van der Waals surface area contributed by atoms with Crippen molar-refractivity contribution in [1.29, 1.82) is 0 Å². The van der Waals surface area contributed by atoms with Crippen molar-refractivity contribution in [2.45, 2.75) is 55.7 Å². The molecule has 218 valence electrons. The van der Waals surface area contributed by atoms with Crippen LogP contribution in [-0.2, 0) is 26.8 Å². The van der Waals surface area contributed by atoms with Gasteiger partial charge in [-0.3, -0.25) is 9.11 Å². The monoisotopic (exact) mass is 629 g/mol. The molecule has 4 rings (SSSR count). The van der Waals surface area contributed by atoms with Crippen molar-refractivity contribution in [3.8, 4) is 0 Å². The Morgan fingerprint density at radius 3 is 2.40 bits per heavy atom. The summed E-state index contributed by atoms with van der Waals surface area (Å²) in [5.74, 6) is -1.53. The van der Waals surface area contributed by atoms with E-state index in [0.29, 0.717) is 12.8 Å². The van der Waals surface area contributed by atoms with Gasteiger partial charge in [0, 0.05) is 23.6 Å². The summed E-state index contributed by atoms with van der Waals surface area (Å²) >= 11 is 3.12. The van der Waals surface area contributed by atoms with Crippen LogP contribution in [0.3, 0.4) is 0 Å². The number of aliphatic hydroxyl groups is 2. The Kier molecular flexibility index (Phi) is 9.62. The summed E-state index contributed by atoms with van der Waals surface area (Å²) in [6.07, 6.45) is 0.697. The zero-order chi connectivity index (χ0) is 29.2. The molecule has 2 aromatic carbocycles. The first-order chi connectivity index (χ1) is 18.7. The lowest BCUT2D eigenvalue weighted by molar-refractivity contribution is -0.675. The number of aromatic nitrogens is 1. The SMILES string of the molecule is CCC(=Cc1sc2ccccc2[n+]1CC(O)CS(=O)(=O)O)CC1Sc2ccc(C)cc2N1CC(O)CS(=O)(=O)O. The number of thioether (sulfide) groups is 1. The molecule has 4 N–H and O–H groups in total. The second kappa shape index (κ2) is 12.4. The molecule has 0 radical (unpaired) electrons. The van der Waals surface area contributed by atoms with Gasteiger partial charge in [0.2, 0.25) is 5.52 Å². The number of fused-ring (bicyclic) bond motifs is 2. The topological polar surface area (TPSA) is 156 Å². The number of hydrogen-bond acceptors (Lipinski definition) is 9. The third-order valence-electron chi connectivity index (χ3n) is 6.50. The van der Waals surface area contributed by atoms with E-state index in [9.17, 15) is 36.2 Å². The minimum Gasteiger partial charge on any atom is -0.390 e. The highest BCUT2D eigenvalue weighted by Gasteiger charge is 2.33. The second-order valence-electron chi connectivity index (χ2n) is 9.88. The van der Waals surface area contributed by atoms with Crippen LogP contribution in [-0.4, -0.2) is 71.8 Å². The van der Waals surface area contributed by atoms with Crippen molar-refractivity contribution in [3.05, 3.63) is 58.6 Å². The Bertz CT molecular complexity index is 1620. The van der Waals surface area contributed by atoms with E-state index in [2.05, 4.69) is 0 Å². The molecule has 0 saturated heterocycles. The van der Waals surface area contributed by atoms with E-state index < -0.39 is 43.9 Å². The predicted octanol–water partition coefficient (Wildman–Crippen LogP) is 3.12. The normalized spacial score (nSPS) is 17.8. The summed E-state index contributed by atoms with van der Waals surface area (Å²) in [5.41, 5.74) is 3.80. The molecule has 14 heteroatoms. The second-order valence-corrected chi connectivity index (χ2v) is 15.2. The smallest absolute Gasteiger partial charge is 0.267 e. The number of β-amino-alcohol motifs (C(OH)–C–C–N with tert-alkyl or cyclic N) is 1. The number of rotatable bonds is 12. The van der Waals surface area contributed by atoms with Crippen molar-refractivity contribution >= 4 is 65.3 Å². The largest absolute Gasteiger partial charge is 0.390 e. The van der Waals surface area contributed by atoms with Gasteiger partial charge >= 0.3 is 0 Å². The van der Waals surface area contributed by atoms with Crippen LogP contribution in [0.4, 0.5) is 5.69 Å². The molecular formula is C26H33N2O8S4+. The fourth-order valence-corrected chi connectivity index (χ4v) is 8.47. The zero-order valence-corrected chi connectivity index (χ0v) is 25.3. The number of para-hydroxylation sites is 1. The summed E-state index contributed by atoms with van der Waals surface area (Å²) in [4.78, 5) is 2.98. The Morgan fingerprint density at radius 2 is 1.73 bits per heavy atom. The predicted molar refractivity (Wildman–Crippen MR) is 158 cm³/mol. The maximum Gasteiger partial charge on any atom is 0.267 e. The first-order valence-electron chi connectivity index (χ1n) is 12.6. The lowest BCUT2D eigenvalue weighted by Crippen LogP contribution is -2.43. The molecule has 3 aromatic rings. The van der Waals surface area contributed by atoms with Gasteiger partial charge in [-0.2, -0.15) is 21.4 Å². The molecule has 10 nitrogen and oxygen atoms in total. The Balaban J connectivity index is 1.65. The third-order valence-corrected chi connectivity index (χ3v) is 10.5. The summed E-state index contributed by atoms with van der Waals surface area (Å²) in [7, 11) is -8.70. The Labute approximate surface area is 242 Å². The number of aliphatic hydroxyl groups excluding tert-OH is 2. The van der Waals surface area contributed by atoms with Crippen molar-refractivity contribution in [2.24, 2.45) is 0 Å². The number of benzene rings is 2. The van der Waals surface area contributed by atoms with Gasteiger partial charge in [0.15, 0.2) is 6.54 Å². The van der Waals surface area contributed by atoms with Crippen LogP contribution in [0.1, 0.15) is 30.3 Å². The maximum atomic E-state index is 11.4. The fourth-order valence-electron chi connectivity index (χ4n) is 4.77. The quantitative estimate of drug-likeness (QED) is 0.173. The fraction of sp³-hybridized carbons (Fsp3) is 0.423. The lowest BCUT2D eigenvalue weighted by atomic mass is 10.1. The van der Waals surface area contributed by atoms with Crippen molar-refractivity contribution in [1.82, 2.24) is 0 Å². The number of aryl methyl sites for hydroxylation is 1. The summed E-state index contributed by atoms with van der Waals surface area (Å²) < 4.78 is 66.7. The number of hydrogen-bond donors (Lipinski definition) is 4. The molecule has 1 aliphatic heterocycles. The van der Waals surface area contributed by atoms with Gasteiger partial charge in [-0.25, -0.2) is 0 Å². The standard InChI is InChI=1S/C26H32N2O8S4/c1-3-18(11-25-27(13-19(29)15-39(31,32)33)21-6-4-5-7-23(21)37-25)12-26-28(14-20(30)16-40(34,35)36)22-10-17(2)8-9-24(22)38-26/h4-11,19-20,26,29-30H,3,12-16H2,1-2H3,(H-,31,32,33,34,35,36)/p+1. The third kappa shape index (κ3) is 8.03. The maximum absolute atomic E-state index is 11.4. The minimum atomic E-state index is -4.35. The van der Waals surface area contributed by atoms with E-state index in [1.54, 1.807) is 11.8 Å². The highest BCUT2D eigenvalue weighted by atomic mass is 32.2. The van der Waals surface area contributed by atoms with Gasteiger partial charge in [0.25, 0.3) is 25.2 Å². The molecule has 1 aromatic heterocycles. The molecule has 1 aliphatic rings. The molecule has 3 atom stereocenters. The zero-order valence-electron chi connectivity index (χ0n) is 22.0. The van der Waals surface area contributed by atoms with E-state index in [4.69, 9.17) is 0 Å². The van der Waals surface area contributed by atoms with Gasteiger partial charge in [0.1, 0.15) is 22.3 Å². The van der Waals surface area contributed by atoms with Crippen LogP contribution in [0.25, 0.3) is 16.3 Å². The minimum absolute atomic E-state index is 0.0234. The van der Waals surface area contributed by atoms with Crippen LogP contribution in [0.15, 0.2) is 52.9 Å². The van der Waals surface area contributed by atoms with Crippen LogP contribution in [0, 0.1) is 6.92 Å². The average Bonchev–Trinajstić information content (AvgIpc) is 3.33. The summed E-state index contributed by atoms with van der Waals surface area (Å²) in [5, 5.41) is 21.5. The van der Waals surface area contributed by atoms with E-state index in [1.165, 1.54) is 11.3 Å². The highest BCUT2D eigenvalue weighted by Crippen LogP contribution is 2.46. The molecule has 0 spiro atoms. The molecular weight excluding hydrogens is 597 g/mol. The molecule has 3 unspecified atom stereocenters. The van der Waals surface area contributed by atoms with Gasteiger partial charge in [0.05, 0.1) is 17.2 Å². The van der Waals surface area contributed by atoms with Gasteiger partial charge in [-0.1, -0.05) is 53.8 Å². The molecule has 40 heavy (non-hydrogen) atoms. The van der Waals surface area contributed by atoms with E-state index in [1.807, 2.05) is 71.9 Å². The molecule has 0 fully saturated rings. The number of anilines is 1. The molecule has 0 aliphatic carbocycles. The summed E-state index contributed by atoms with van der Waals surface area (Å²) in [6.45, 7) is 3.98. The first-order valence-corrected chi connectivity index (χ1v) is 17.5. The molecule has 0 saturated carbocycles. The summed E-state index contributed by atoms with van der Waals surface area (Å²) in [6, 6.07) is 13.6. The van der Waals surface area contributed by atoms with Crippen LogP contribution in [0.5, 0.6) is 0 Å². The Morgan fingerprint density at radius 1 is 1.05 bits per heavy atom. The van der Waals surface area contributed by atoms with Crippen LogP contribution < -0.4 is 9.47 Å². The van der Waals surface area contributed by atoms with E-state index >= 15 is 0 Å². The van der Waals surface area contributed by atoms with Crippen molar-refractivity contribution in [2.75, 3.05) is 23.0 Å². The Hall–Kier alpha value is -2.04. The lowest BCUT2D eigenvalue weighted by Gasteiger charge is -2.29.